The van der Waals surface area contributed by atoms with E-state index in [0.29, 0.717) is 12.2 Å². The highest BCUT2D eigenvalue weighted by Gasteiger charge is 2.36. The fourth-order valence-electron chi connectivity index (χ4n) is 4.10. The fourth-order valence-corrected chi connectivity index (χ4v) is 4.10. The van der Waals surface area contributed by atoms with Gasteiger partial charge in [-0.25, -0.2) is 4.79 Å². The molecule has 0 aliphatic heterocycles. The SMILES string of the molecule is CCOC(=O)c1ccc(C=C(C)c2ccc3c(c2)C(C)(C)CCC3(C)C)cc1. The van der Waals surface area contributed by atoms with Crippen LogP contribution in [0.2, 0.25) is 0 Å². The molecule has 3 rings (SSSR count). The highest BCUT2D eigenvalue weighted by atomic mass is 16.5. The largest absolute Gasteiger partial charge is 0.462 e. The molecule has 148 valence electrons. The summed E-state index contributed by atoms with van der Waals surface area (Å²) in [6.07, 6.45) is 4.63. The number of ether oxygens (including phenoxy) is 1. The summed E-state index contributed by atoms with van der Waals surface area (Å²) >= 11 is 0. The first-order chi connectivity index (χ1) is 13.1. The van der Waals surface area contributed by atoms with Crippen LogP contribution in [0.1, 0.15) is 87.0 Å². The Morgan fingerprint density at radius 3 is 2.11 bits per heavy atom. The molecule has 0 spiro atoms. The van der Waals surface area contributed by atoms with Gasteiger partial charge in [0.25, 0.3) is 0 Å². The van der Waals surface area contributed by atoms with Crippen molar-refractivity contribution in [3.8, 4) is 0 Å². The van der Waals surface area contributed by atoms with Crippen LogP contribution < -0.4 is 0 Å². The first-order valence-electron chi connectivity index (χ1n) is 10.2. The van der Waals surface area contributed by atoms with Crippen LogP contribution in [0.3, 0.4) is 0 Å². The summed E-state index contributed by atoms with van der Waals surface area (Å²) in [6.45, 7) is 13.8. The van der Waals surface area contributed by atoms with Gasteiger partial charge in [0.2, 0.25) is 0 Å². The van der Waals surface area contributed by atoms with Gasteiger partial charge in [-0.2, -0.15) is 0 Å². The maximum absolute atomic E-state index is 11.8. The van der Waals surface area contributed by atoms with E-state index in [-0.39, 0.29) is 16.8 Å². The maximum atomic E-state index is 11.8. The minimum absolute atomic E-state index is 0.211. The summed E-state index contributed by atoms with van der Waals surface area (Å²) in [6, 6.07) is 14.6. The van der Waals surface area contributed by atoms with Gasteiger partial charge in [0.15, 0.2) is 0 Å². The average molecular weight is 377 g/mol. The third-order valence-electron chi connectivity index (χ3n) is 6.11. The number of benzene rings is 2. The van der Waals surface area contributed by atoms with Crippen molar-refractivity contribution in [2.45, 2.75) is 65.2 Å². The second-order valence-corrected chi connectivity index (χ2v) is 9.20. The molecule has 2 nitrogen and oxygen atoms in total. The van der Waals surface area contributed by atoms with Crippen molar-refractivity contribution < 1.29 is 9.53 Å². The minimum atomic E-state index is -0.269. The average Bonchev–Trinajstić information content (AvgIpc) is 2.66. The van der Waals surface area contributed by atoms with E-state index in [0.717, 1.165) is 5.56 Å². The number of fused-ring (bicyclic) bond motifs is 1. The lowest BCUT2D eigenvalue weighted by Crippen LogP contribution is -2.33. The van der Waals surface area contributed by atoms with Gasteiger partial charge in [-0.05, 0) is 77.5 Å². The molecular formula is C26H32O2. The Labute approximate surface area is 169 Å². The summed E-state index contributed by atoms with van der Waals surface area (Å²) < 4.78 is 5.05. The lowest BCUT2D eigenvalue weighted by Gasteiger charge is -2.42. The topological polar surface area (TPSA) is 26.3 Å². The number of esters is 1. The van der Waals surface area contributed by atoms with Crippen LogP contribution in [-0.4, -0.2) is 12.6 Å². The number of carbonyl (C=O) groups is 1. The van der Waals surface area contributed by atoms with E-state index in [1.165, 1.54) is 35.1 Å². The summed E-state index contributed by atoms with van der Waals surface area (Å²) in [4.78, 5) is 11.8. The molecule has 2 aromatic carbocycles. The van der Waals surface area contributed by atoms with E-state index in [1.807, 2.05) is 31.2 Å². The van der Waals surface area contributed by atoms with Crippen LogP contribution in [0, 0.1) is 0 Å². The third kappa shape index (κ3) is 4.06. The number of hydrogen-bond donors (Lipinski definition) is 0. The molecule has 0 heterocycles. The van der Waals surface area contributed by atoms with Crippen molar-refractivity contribution in [1.29, 1.82) is 0 Å². The van der Waals surface area contributed by atoms with E-state index < -0.39 is 0 Å². The normalized spacial score (nSPS) is 17.7. The Bertz CT molecular complexity index is 899. The van der Waals surface area contributed by atoms with E-state index in [1.54, 1.807) is 0 Å². The number of allylic oxidation sites excluding steroid dienone is 1. The molecule has 0 unspecified atom stereocenters. The summed E-state index contributed by atoms with van der Waals surface area (Å²) in [5.74, 6) is -0.269. The van der Waals surface area contributed by atoms with Crippen molar-refractivity contribution in [2.75, 3.05) is 6.61 Å². The highest BCUT2D eigenvalue weighted by Crippen LogP contribution is 2.46. The number of rotatable bonds is 4. The molecule has 0 atom stereocenters. The van der Waals surface area contributed by atoms with E-state index in [9.17, 15) is 4.79 Å². The Balaban J connectivity index is 1.91. The number of hydrogen-bond acceptors (Lipinski definition) is 2. The molecule has 0 amide bonds. The van der Waals surface area contributed by atoms with E-state index in [4.69, 9.17) is 4.74 Å². The molecule has 1 aliphatic rings. The van der Waals surface area contributed by atoms with Crippen LogP contribution in [-0.2, 0) is 15.6 Å². The zero-order valence-electron chi connectivity index (χ0n) is 18.1. The maximum Gasteiger partial charge on any atom is 0.338 e. The van der Waals surface area contributed by atoms with Crippen molar-refractivity contribution in [3.63, 3.8) is 0 Å². The monoisotopic (exact) mass is 376 g/mol. The Morgan fingerprint density at radius 2 is 1.50 bits per heavy atom. The molecule has 0 fully saturated rings. The van der Waals surface area contributed by atoms with Crippen molar-refractivity contribution in [1.82, 2.24) is 0 Å². The first-order valence-corrected chi connectivity index (χ1v) is 10.2. The quantitative estimate of drug-likeness (QED) is 0.434. The van der Waals surface area contributed by atoms with Gasteiger partial charge < -0.3 is 4.74 Å². The van der Waals surface area contributed by atoms with Gasteiger partial charge in [0, 0.05) is 0 Å². The smallest absolute Gasteiger partial charge is 0.338 e. The molecule has 1 aliphatic carbocycles. The van der Waals surface area contributed by atoms with Gasteiger partial charge in [-0.1, -0.05) is 64.1 Å². The van der Waals surface area contributed by atoms with Crippen LogP contribution in [0.15, 0.2) is 42.5 Å². The van der Waals surface area contributed by atoms with E-state index in [2.05, 4.69) is 58.9 Å². The molecule has 0 radical (unpaired) electrons. The van der Waals surface area contributed by atoms with Crippen LogP contribution in [0.5, 0.6) is 0 Å². The molecule has 2 heteroatoms. The Morgan fingerprint density at radius 1 is 0.929 bits per heavy atom. The predicted molar refractivity (Wildman–Crippen MR) is 118 cm³/mol. The van der Waals surface area contributed by atoms with Gasteiger partial charge in [0.05, 0.1) is 12.2 Å². The molecule has 28 heavy (non-hydrogen) atoms. The second-order valence-electron chi connectivity index (χ2n) is 9.20. The van der Waals surface area contributed by atoms with Crippen LogP contribution in [0.25, 0.3) is 11.6 Å². The molecule has 0 saturated heterocycles. The lowest BCUT2D eigenvalue weighted by molar-refractivity contribution is 0.0526. The second kappa shape index (κ2) is 7.58. The van der Waals surface area contributed by atoms with Crippen molar-refractivity contribution in [2.24, 2.45) is 0 Å². The van der Waals surface area contributed by atoms with Crippen LogP contribution in [0.4, 0.5) is 0 Å². The molecule has 0 saturated carbocycles. The molecule has 2 aromatic rings. The van der Waals surface area contributed by atoms with E-state index >= 15 is 0 Å². The van der Waals surface area contributed by atoms with Crippen LogP contribution >= 0.6 is 0 Å². The first kappa shape index (κ1) is 20.4. The standard InChI is InChI=1S/C26H32O2/c1-7-28-24(27)20-10-8-19(9-11-20)16-18(2)21-12-13-22-23(17-21)26(5,6)15-14-25(22,3)4/h8-13,16-17H,7,14-15H2,1-6H3. The van der Waals surface area contributed by atoms with Crippen molar-refractivity contribution >= 4 is 17.6 Å². The zero-order chi connectivity index (χ0) is 20.5. The lowest BCUT2D eigenvalue weighted by atomic mass is 9.63. The highest BCUT2D eigenvalue weighted by molar-refractivity contribution is 5.90. The minimum Gasteiger partial charge on any atom is -0.462 e. The van der Waals surface area contributed by atoms with Gasteiger partial charge in [-0.15, -0.1) is 0 Å². The molecule has 0 aromatic heterocycles. The molecule has 0 bridgehead atoms. The number of carbonyl (C=O) groups excluding carboxylic acids is 1. The summed E-state index contributed by atoms with van der Waals surface area (Å²) in [5, 5.41) is 0. The van der Waals surface area contributed by atoms with Gasteiger partial charge in [-0.3, -0.25) is 0 Å². The summed E-state index contributed by atoms with van der Waals surface area (Å²) in [5.41, 5.74) is 7.58. The Kier molecular flexibility index (Phi) is 5.52. The zero-order valence-corrected chi connectivity index (χ0v) is 18.1. The summed E-state index contributed by atoms with van der Waals surface area (Å²) in [7, 11) is 0. The predicted octanol–water partition coefficient (Wildman–Crippen LogP) is 6.77. The fraction of sp³-hybridized carbons (Fsp3) is 0.423. The molecular weight excluding hydrogens is 344 g/mol. The molecule has 0 N–H and O–H groups in total. The third-order valence-corrected chi connectivity index (χ3v) is 6.11. The van der Waals surface area contributed by atoms with Gasteiger partial charge in [0.1, 0.15) is 0 Å². The Hall–Kier alpha value is -2.35. The van der Waals surface area contributed by atoms with Crippen molar-refractivity contribution in [3.05, 3.63) is 70.3 Å². The van der Waals surface area contributed by atoms with Gasteiger partial charge >= 0.3 is 5.97 Å².